The number of halogens is 2. The van der Waals surface area contributed by atoms with E-state index in [4.69, 9.17) is 70.6 Å². The number of aliphatic hydroxyl groups excluding tert-OH is 5. The highest BCUT2D eigenvalue weighted by molar-refractivity contribution is 6.39. The third kappa shape index (κ3) is 15.2. The lowest BCUT2D eigenvalue weighted by Gasteiger charge is -2.47. The van der Waals surface area contributed by atoms with Crippen LogP contribution in [-0.2, 0) is 53.9 Å². The topological polar surface area (TPSA) is 245 Å². The third-order valence-corrected chi connectivity index (χ3v) is 14.1. The van der Waals surface area contributed by atoms with Crippen molar-refractivity contribution >= 4 is 41.1 Å². The zero-order chi connectivity index (χ0) is 55.5. The second-order valence-electron chi connectivity index (χ2n) is 19.7. The standard InChI is InChI=1S/C54H78Cl2O18/c1-15-32-24-28(6)35(58)20-18-17-19-33(25-68-53-47(67-14)42(61)44(31(9)69-53)71-51(64)37-34(16-2)38(55)46(66-13)39(56)45(37)65-12)50(63)70-36(30(8)57)22-21-27(5)23-29(7)43(32)72-52-41(60)40(59)48(54(10,11)74-52)73-49(62)26(3)4/h17-19,21,23-24,26,30-32,35-36,40-44,47-48,52-53,57-61H,15-16,20,22,25H2,1-14H3/b18-17-,27-21+,28-24+,29-23+,33-19+/t30-,31-,32+,35+,36+,40-,41+,42+,43+,44-,47+,48+,52-,53-/m1/s1. The van der Waals surface area contributed by atoms with Gasteiger partial charge in [-0.15, -0.1) is 0 Å². The molecule has 1 aromatic carbocycles. The van der Waals surface area contributed by atoms with Crippen molar-refractivity contribution in [3.63, 3.8) is 0 Å². The second kappa shape index (κ2) is 27.9. The number of hydrogen-bond acceptors (Lipinski definition) is 18. The molecule has 5 N–H and O–H groups in total. The van der Waals surface area contributed by atoms with Gasteiger partial charge in [-0.1, -0.05) is 86.9 Å². The summed E-state index contributed by atoms with van der Waals surface area (Å²) in [5.41, 5.74) is 1.02. The molecule has 0 unspecified atom stereocenters. The number of hydrogen-bond donors (Lipinski definition) is 5. The summed E-state index contributed by atoms with van der Waals surface area (Å²) in [7, 11) is 4.01. The molecule has 20 heteroatoms. The molecule has 0 aliphatic carbocycles. The van der Waals surface area contributed by atoms with Crippen LogP contribution in [0.4, 0.5) is 0 Å². The molecule has 3 heterocycles. The number of carbonyl (C=O) groups excluding carboxylic acids is 3. The Morgan fingerprint density at radius 3 is 2.12 bits per heavy atom. The molecule has 0 radical (unpaired) electrons. The number of cyclic esters (lactones) is 1. The van der Waals surface area contributed by atoms with Gasteiger partial charge in [0.25, 0.3) is 0 Å². The number of esters is 3. The average molecular weight is 1090 g/mol. The van der Waals surface area contributed by atoms with Crippen molar-refractivity contribution < 1.29 is 87.3 Å². The van der Waals surface area contributed by atoms with Gasteiger partial charge in [0.2, 0.25) is 0 Å². The van der Waals surface area contributed by atoms with Crippen LogP contribution in [-0.4, -0.2) is 157 Å². The molecule has 0 spiro atoms. The van der Waals surface area contributed by atoms with Crippen molar-refractivity contribution in [2.24, 2.45) is 11.8 Å². The largest absolute Gasteiger partial charge is 0.494 e. The molecule has 0 bridgehead atoms. The van der Waals surface area contributed by atoms with Gasteiger partial charge >= 0.3 is 17.9 Å². The number of ether oxygens (including phenoxy) is 10. The molecular weight excluding hydrogens is 1010 g/mol. The van der Waals surface area contributed by atoms with Crippen LogP contribution in [0.1, 0.15) is 111 Å². The van der Waals surface area contributed by atoms with Crippen LogP contribution in [0.3, 0.4) is 0 Å². The molecule has 3 aliphatic heterocycles. The summed E-state index contributed by atoms with van der Waals surface area (Å²) < 4.78 is 58.9. The number of aliphatic hydroxyl groups is 5. The van der Waals surface area contributed by atoms with Gasteiger partial charge in [0.15, 0.2) is 36.3 Å². The molecule has 1 aromatic rings. The van der Waals surface area contributed by atoms with Crippen LogP contribution in [0.2, 0.25) is 10.0 Å². The molecule has 74 heavy (non-hydrogen) atoms. The maximum absolute atomic E-state index is 14.0. The Labute approximate surface area is 445 Å². The highest BCUT2D eigenvalue weighted by atomic mass is 35.5. The molecule has 0 saturated carbocycles. The SMILES string of the molecule is CCc1c(Cl)c(OC)c(Cl)c(OC)c1C(=O)O[C@H]1[C@H](O)[C@H](OC)[C@H](OC/C2=C\C=C/C[C@H](O)/C(C)=C/[C@H](CC)[C@@H](O[C@@H]3OC(C)(C)[C@@H](OC(=O)C(C)C)[C@H](O)[C@@H]3O)/C(C)=C/C(C)=C/C[C@@H]([C@@H](C)O)OC2=O)O[C@@H]1C. The lowest BCUT2D eigenvalue weighted by atomic mass is 9.88. The van der Waals surface area contributed by atoms with Crippen molar-refractivity contribution in [2.75, 3.05) is 27.9 Å². The van der Waals surface area contributed by atoms with Gasteiger partial charge in [-0.3, -0.25) is 4.79 Å². The molecule has 2 saturated heterocycles. The summed E-state index contributed by atoms with van der Waals surface area (Å²) in [6.07, 6.45) is -4.75. The fraction of sp³-hybridized carbons (Fsp3) is 0.648. The van der Waals surface area contributed by atoms with Gasteiger partial charge < -0.3 is 72.9 Å². The molecule has 2 fully saturated rings. The molecule has 0 amide bonds. The van der Waals surface area contributed by atoms with E-state index in [0.717, 1.165) is 0 Å². The van der Waals surface area contributed by atoms with Gasteiger partial charge in [0, 0.05) is 19.4 Å². The van der Waals surface area contributed by atoms with Gasteiger partial charge in [0.1, 0.15) is 46.7 Å². The Morgan fingerprint density at radius 1 is 0.878 bits per heavy atom. The monoisotopic (exact) mass is 1080 g/mol. The Morgan fingerprint density at radius 2 is 1.54 bits per heavy atom. The van der Waals surface area contributed by atoms with Crippen molar-refractivity contribution in [3.8, 4) is 11.5 Å². The average Bonchev–Trinajstić information content (AvgIpc) is 3.34. The minimum absolute atomic E-state index is 0.0105. The number of carbonyl (C=O) groups is 3. The lowest BCUT2D eigenvalue weighted by molar-refractivity contribution is -0.333. The molecule has 0 aromatic heterocycles. The van der Waals surface area contributed by atoms with Crippen molar-refractivity contribution in [1.82, 2.24) is 0 Å². The van der Waals surface area contributed by atoms with Crippen LogP contribution in [0.15, 0.2) is 58.7 Å². The quantitative estimate of drug-likeness (QED) is 0.0686. The summed E-state index contributed by atoms with van der Waals surface area (Å²) in [5.74, 6) is -3.07. The molecular formula is C54H78Cl2O18. The Kier molecular flexibility index (Phi) is 23.7. The van der Waals surface area contributed by atoms with Crippen LogP contribution >= 0.6 is 23.2 Å². The minimum atomic E-state index is -1.60. The van der Waals surface area contributed by atoms with Crippen LogP contribution in [0.5, 0.6) is 11.5 Å². The summed E-state index contributed by atoms with van der Waals surface area (Å²) in [6.45, 7) is 18.4. The van der Waals surface area contributed by atoms with Crippen molar-refractivity contribution in [3.05, 3.63) is 79.9 Å². The van der Waals surface area contributed by atoms with Gasteiger partial charge in [-0.05, 0) is 90.5 Å². The molecule has 14 atom stereocenters. The Balaban J connectivity index is 1.61. The van der Waals surface area contributed by atoms with Crippen LogP contribution in [0, 0.1) is 11.8 Å². The second-order valence-corrected chi connectivity index (χ2v) is 20.5. The third-order valence-electron chi connectivity index (χ3n) is 13.4. The van der Waals surface area contributed by atoms with Crippen LogP contribution < -0.4 is 9.47 Å². The number of methoxy groups -OCH3 is 3. The highest BCUT2D eigenvalue weighted by Crippen LogP contribution is 2.46. The van der Waals surface area contributed by atoms with E-state index in [1.807, 2.05) is 32.9 Å². The lowest BCUT2D eigenvalue weighted by Crippen LogP contribution is -2.64. The summed E-state index contributed by atoms with van der Waals surface area (Å²) in [5, 5.41) is 56.6. The van der Waals surface area contributed by atoms with Gasteiger partial charge in [0.05, 0.1) is 61.8 Å². The van der Waals surface area contributed by atoms with Crippen molar-refractivity contribution in [1.29, 1.82) is 0 Å². The highest BCUT2D eigenvalue weighted by Gasteiger charge is 2.53. The number of allylic oxidation sites excluding steroid dienone is 4. The van der Waals surface area contributed by atoms with E-state index in [1.54, 1.807) is 66.7 Å². The Hall–Kier alpha value is -3.89. The normalized spacial score (nSPS) is 34.1. The smallest absolute Gasteiger partial charge is 0.342 e. The predicted octanol–water partition coefficient (Wildman–Crippen LogP) is 6.84. The zero-order valence-electron chi connectivity index (χ0n) is 45.0. The maximum atomic E-state index is 14.0. The van der Waals surface area contributed by atoms with E-state index >= 15 is 0 Å². The number of benzene rings is 1. The molecule has 18 nitrogen and oxygen atoms in total. The summed E-state index contributed by atoms with van der Waals surface area (Å²) >= 11 is 13.1. The minimum Gasteiger partial charge on any atom is -0.494 e. The van der Waals surface area contributed by atoms with Crippen molar-refractivity contribution in [2.45, 2.75) is 187 Å². The zero-order valence-corrected chi connectivity index (χ0v) is 46.5. The first-order chi connectivity index (χ1) is 34.8. The first-order valence-electron chi connectivity index (χ1n) is 24.9. The summed E-state index contributed by atoms with van der Waals surface area (Å²) in [4.78, 5) is 40.4. The first-order valence-corrected chi connectivity index (χ1v) is 25.7. The van der Waals surface area contributed by atoms with E-state index in [9.17, 15) is 39.9 Å². The molecule has 416 valence electrons. The van der Waals surface area contributed by atoms with E-state index in [0.29, 0.717) is 28.7 Å². The molecule has 3 aliphatic rings. The van der Waals surface area contributed by atoms with E-state index < -0.39 is 116 Å². The van der Waals surface area contributed by atoms with Gasteiger partial charge in [-0.25, -0.2) is 9.59 Å². The van der Waals surface area contributed by atoms with E-state index in [1.165, 1.54) is 34.3 Å². The maximum Gasteiger partial charge on any atom is 0.342 e. The fourth-order valence-electron chi connectivity index (χ4n) is 8.95. The van der Waals surface area contributed by atoms with Crippen LogP contribution in [0.25, 0.3) is 0 Å². The summed E-state index contributed by atoms with van der Waals surface area (Å²) in [6, 6.07) is 0. The van der Waals surface area contributed by atoms with E-state index in [-0.39, 0.29) is 57.9 Å². The van der Waals surface area contributed by atoms with E-state index in [2.05, 4.69) is 0 Å². The fourth-order valence-corrected chi connectivity index (χ4v) is 9.74. The first kappa shape index (κ1) is 62.6. The van der Waals surface area contributed by atoms with Gasteiger partial charge in [-0.2, -0.15) is 0 Å². The Bertz CT molecular complexity index is 2220. The predicted molar refractivity (Wildman–Crippen MR) is 275 cm³/mol. The molecule has 4 rings (SSSR count). The number of rotatable bonds is 15.